The average Bonchev–Trinajstić information content (AvgIpc) is 2.45. The second kappa shape index (κ2) is 6.81. The standard InChI is InChI=1S/C20H32N2O2/c1-19(2,3)17(23)11-15-16(12-18(24)20(4,5)6)22-14-10-8-7-9-13(14)21-15/h11,13-14,21H,7-10,12H2,1-6H3/b15-11-/t13-,14-/m1/s1. The van der Waals surface area contributed by atoms with Gasteiger partial charge >= 0.3 is 0 Å². The molecule has 2 rings (SSSR count). The van der Waals surface area contributed by atoms with Crippen LogP contribution >= 0.6 is 0 Å². The molecule has 0 radical (unpaired) electrons. The van der Waals surface area contributed by atoms with E-state index in [1.807, 2.05) is 41.5 Å². The van der Waals surface area contributed by atoms with E-state index in [9.17, 15) is 9.59 Å². The molecule has 1 N–H and O–H groups in total. The van der Waals surface area contributed by atoms with E-state index in [4.69, 9.17) is 4.99 Å². The number of aliphatic imine (C=N–C) groups is 1. The van der Waals surface area contributed by atoms with E-state index < -0.39 is 10.8 Å². The lowest BCUT2D eigenvalue weighted by molar-refractivity contribution is -0.125. The summed E-state index contributed by atoms with van der Waals surface area (Å²) in [6.45, 7) is 11.5. The predicted molar refractivity (Wildman–Crippen MR) is 98.2 cm³/mol. The maximum atomic E-state index is 12.5. The van der Waals surface area contributed by atoms with Gasteiger partial charge in [0.15, 0.2) is 5.78 Å². The summed E-state index contributed by atoms with van der Waals surface area (Å²) in [5.41, 5.74) is 0.689. The maximum Gasteiger partial charge on any atom is 0.163 e. The summed E-state index contributed by atoms with van der Waals surface area (Å²) in [6.07, 6.45) is 6.48. The lowest BCUT2D eigenvalue weighted by atomic mass is 9.84. The summed E-state index contributed by atoms with van der Waals surface area (Å²) in [7, 11) is 0. The highest BCUT2D eigenvalue weighted by Crippen LogP contribution is 2.28. The molecule has 0 bridgehead atoms. The Morgan fingerprint density at radius 3 is 2.29 bits per heavy atom. The van der Waals surface area contributed by atoms with Gasteiger partial charge in [-0.25, -0.2) is 0 Å². The van der Waals surface area contributed by atoms with Gasteiger partial charge in [0.25, 0.3) is 0 Å². The average molecular weight is 332 g/mol. The molecule has 0 aromatic heterocycles. The first-order chi connectivity index (χ1) is 11.0. The zero-order valence-electron chi connectivity index (χ0n) is 16.0. The fourth-order valence-corrected chi connectivity index (χ4v) is 3.02. The number of allylic oxidation sites excluding steroid dienone is 2. The molecular formula is C20H32N2O2. The highest BCUT2D eigenvalue weighted by Gasteiger charge is 2.33. The lowest BCUT2D eigenvalue weighted by Gasteiger charge is -2.36. The van der Waals surface area contributed by atoms with Gasteiger partial charge < -0.3 is 5.32 Å². The molecule has 1 fully saturated rings. The number of Topliss-reactive ketones (excluding diaryl/α,β-unsaturated/α-hetero) is 1. The molecule has 0 spiro atoms. The smallest absolute Gasteiger partial charge is 0.163 e. The molecule has 2 atom stereocenters. The van der Waals surface area contributed by atoms with E-state index in [2.05, 4.69) is 5.32 Å². The van der Waals surface area contributed by atoms with E-state index in [0.717, 1.165) is 24.3 Å². The Morgan fingerprint density at radius 2 is 1.71 bits per heavy atom. The largest absolute Gasteiger partial charge is 0.379 e. The number of nitrogens with zero attached hydrogens (tertiary/aromatic N) is 1. The van der Waals surface area contributed by atoms with Crippen molar-refractivity contribution in [3.8, 4) is 0 Å². The quantitative estimate of drug-likeness (QED) is 0.799. The summed E-state index contributed by atoms with van der Waals surface area (Å²) >= 11 is 0. The monoisotopic (exact) mass is 332 g/mol. The van der Waals surface area contributed by atoms with Gasteiger partial charge in [-0.05, 0) is 12.8 Å². The van der Waals surface area contributed by atoms with E-state index in [1.165, 1.54) is 12.8 Å². The van der Waals surface area contributed by atoms with Crippen LogP contribution in [0.3, 0.4) is 0 Å². The van der Waals surface area contributed by atoms with Crippen LogP contribution in [0.2, 0.25) is 0 Å². The zero-order chi connectivity index (χ0) is 18.1. The van der Waals surface area contributed by atoms with E-state index in [0.29, 0.717) is 12.5 Å². The summed E-state index contributed by atoms with van der Waals surface area (Å²) in [6, 6.07) is 0.537. The van der Waals surface area contributed by atoms with Gasteiger partial charge in [0, 0.05) is 22.9 Å². The molecule has 24 heavy (non-hydrogen) atoms. The molecule has 4 heteroatoms. The van der Waals surface area contributed by atoms with Crippen molar-refractivity contribution in [3.63, 3.8) is 0 Å². The van der Waals surface area contributed by atoms with Crippen LogP contribution in [0.15, 0.2) is 16.8 Å². The van der Waals surface area contributed by atoms with Crippen LogP contribution in [0.25, 0.3) is 0 Å². The fraction of sp³-hybridized carbons (Fsp3) is 0.750. The molecule has 1 aliphatic heterocycles. The third kappa shape index (κ3) is 4.55. The fourth-order valence-electron chi connectivity index (χ4n) is 3.02. The Balaban J connectivity index is 2.32. The summed E-state index contributed by atoms with van der Waals surface area (Å²) < 4.78 is 0. The molecule has 1 heterocycles. The SMILES string of the molecule is CC(C)(C)C(=O)/C=C1\N[C@@H]2CCCC[C@H]2N=C1CC(=O)C(C)(C)C. The topological polar surface area (TPSA) is 58.5 Å². The van der Waals surface area contributed by atoms with Crippen molar-refractivity contribution in [1.29, 1.82) is 0 Å². The number of fused-ring (bicyclic) bond motifs is 1. The van der Waals surface area contributed by atoms with Crippen molar-refractivity contribution in [3.05, 3.63) is 11.8 Å². The van der Waals surface area contributed by atoms with Crippen LogP contribution in [-0.4, -0.2) is 29.4 Å². The van der Waals surface area contributed by atoms with E-state index in [1.54, 1.807) is 6.08 Å². The normalized spacial score (nSPS) is 26.4. The van der Waals surface area contributed by atoms with Crippen molar-refractivity contribution in [2.24, 2.45) is 15.8 Å². The molecule has 0 aromatic carbocycles. The highest BCUT2D eigenvalue weighted by molar-refractivity contribution is 6.14. The highest BCUT2D eigenvalue weighted by atomic mass is 16.1. The Kier molecular flexibility index (Phi) is 5.36. The van der Waals surface area contributed by atoms with Gasteiger partial charge in [0.2, 0.25) is 0 Å². The Morgan fingerprint density at radius 1 is 1.08 bits per heavy atom. The molecule has 1 aliphatic carbocycles. The minimum atomic E-state index is -0.433. The predicted octanol–water partition coefficient (Wildman–Crippen LogP) is 3.85. The van der Waals surface area contributed by atoms with Crippen LogP contribution in [-0.2, 0) is 9.59 Å². The molecule has 1 saturated carbocycles. The molecule has 4 nitrogen and oxygen atoms in total. The third-order valence-electron chi connectivity index (χ3n) is 4.88. The summed E-state index contributed by atoms with van der Waals surface area (Å²) in [5, 5.41) is 3.52. The summed E-state index contributed by atoms with van der Waals surface area (Å²) in [4.78, 5) is 29.9. The van der Waals surface area contributed by atoms with Gasteiger partial charge in [-0.15, -0.1) is 0 Å². The first kappa shape index (κ1) is 18.9. The van der Waals surface area contributed by atoms with Crippen LogP contribution in [0, 0.1) is 10.8 Å². The van der Waals surface area contributed by atoms with Crippen LogP contribution in [0.5, 0.6) is 0 Å². The molecular weight excluding hydrogens is 300 g/mol. The zero-order valence-corrected chi connectivity index (χ0v) is 16.0. The van der Waals surface area contributed by atoms with Crippen LogP contribution in [0.4, 0.5) is 0 Å². The minimum Gasteiger partial charge on any atom is -0.379 e. The van der Waals surface area contributed by atoms with E-state index in [-0.39, 0.29) is 17.6 Å². The van der Waals surface area contributed by atoms with Crippen molar-refractivity contribution >= 4 is 17.3 Å². The first-order valence-corrected chi connectivity index (χ1v) is 9.11. The van der Waals surface area contributed by atoms with Crippen molar-refractivity contribution < 1.29 is 9.59 Å². The first-order valence-electron chi connectivity index (χ1n) is 9.11. The maximum absolute atomic E-state index is 12.5. The molecule has 0 saturated heterocycles. The number of hydrogen-bond acceptors (Lipinski definition) is 4. The van der Waals surface area contributed by atoms with Gasteiger partial charge in [-0.1, -0.05) is 54.4 Å². The third-order valence-corrected chi connectivity index (χ3v) is 4.88. The molecule has 0 amide bonds. The second-order valence-electron chi connectivity index (χ2n) is 9.20. The Hall–Kier alpha value is -1.45. The van der Waals surface area contributed by atoms with Gasteiger partial charge in [0.1, 0.15) is 5.78 Å². The number of ketones is 2. The van der Waals surface area contributed by atoms with E-state index >= 15 is 0 Å². The van der Waals surface area contributed by atoms with Crippen molar-refractivity contribution in [2.45, 2.75) is 85.7 Å². The van der Waals surface area contributed by atoms with Crippen molar-refractivity contribution in [2.75, 3.05) is 0 Å². The van der Waals surface area contributed by atoms with Crippen LogP contribution < -0.4 is 5.32 Å². The minimum absolute atomic E-state index is 0.0650. The Labute approximate surface area is 146 Å². The molecule has 0 aromatic rings. The lowest BCUT2D eigenvalue weighted by Crippen LogP contribution is -2.47. The number of carbonyl (C=O) groups excluding carboxylic acids is 2. The molecule has 0 unspecified atom stereocenters. The van der Waals surface area contributed by atoms with Crippen molar-refractivity contribution in [1.82, 2.24) is 5.32 Å². The number of hydrogen-bond donors (Lipinski definition) is 1. The number of rotatable bonds is 3. The van der Waals surface area contributed by atoms with Gasteiger partial charge in [0.05, 0.1) is 23.9 Å². The van der Waals surface area contributed by atoms with Crippen LogP contribution in [0.1, 0.15) is 73.6 Å². The van der Waals surface area contributed by atoms with Gasteiger partial charge in [-0.3, -0.25) is 14.6 Å². The number of carbonyl (C=O) groups is 2. The summed E-state index contributed by atoms with van der Waals surface area (Å²) in [5.74, 6) is 0.224. The van der Waals surface area contributed by atoms with Gasteiger partial charge in [-0.2, -0.15) is 0 Å². The Bertz CT molecular complexity index is 573. The molecule has 2 aliphatic rings. The molecule has 134 valence electrons. The number of nitrogens with one attached hydrogen (secondary N) is 1. The second-order valence-corrected chi connectivity index (χ2v) is 9.20.